The van der Waals surface area contributed by atoms with Crippen molar-refractivity contribution in [1.82, 2.24) is 5.32 Å². The number of carbonyl (C=O) groups excluding carboxylic acids is 2. The molecule has 0 saturated heterocycles. The first kappa shape index (κ1) is 19.0. The van der Waals surface area contributed by atoms with Crippen LogP contribution in [0.15, 0.2) is 64.4 Å². The second kappa shape index (κ2) is 7.48. The quantitative estimate of drug-likeness (QED) is 0.756. The number of fused-ring (bicyclic) bond motifs is 1. The van der Waals surface area contributed by atoms with Gasteiger partial charge in [0.05, 0.1) is 22.2 Å². The zero-order valence-electron chi connectivity index (χ0n) is 14.1. The molecule has 0 spiro atoms. The van der Waals surface area contributed by atoms with E-state index in [1.165, 1.54) is 6.07 Å². The average molecular weight is 392 g/mol. The molecular weight excluding hydrogens is 377 g/mol. The average Bonchev–Trinajstić information content (AvgIpc) is 2.61. The van der Waals surface area contributed by atoms with Gasteiger partial charge in [0.2, 0.25) is 5.91 Å². The Morgan fingerprint density at radius 2 is 1.89 bits per heavy atom. The SMILES string of the molecule is CC(NC(=O)C=C1Sc2ccc(C(F)(F)F)cc2NC1=O)c1ccccc1. The Morgan fingerprint density at radius 3 is 2.56 bits per heavy atom. The highest BCUT2D eigenvalue weighted by atomic mass is 32.2. The molecule has 0 bridgehead atoms. The Balaban J connectivity index is 1.74. The number of carbonyl (C=O) groups is 2. The van der Waals surface area contributed by atoms with E-state index in [1.54, 1.807) is 0 Å². The van der Waals surface area contributed by atoms with E-state index in [9.17, 15) is 22.8 Å². The van der Waals surface area contributed by atoms with Crippen LogP contribution in [0.4, 0.5) is 18.9 Å². The van der Waals surface area contributed by atoms with Crippen LogP contribution in [-0.4, -0.2) is 11.8 Å². The molecule has 2 aromatic carbocycles. The Labute approximate surface area is 157 Å². The van der Waals surface area contributed by atoms with Crippen LogP contribution in [-0.2, 0) is 15.8 Å². The lowest BCUT2D eigenvalue weighted by Gasteiger charge is -2.20. The maximum Gasteiger partial charge on any atom is 0.416 e. The molecule has 8 heteroatoms. The number of hydrogen-bond donors (Lipinski definition) is 2. The van der Waals surface area contributed by atoms with Gasteiger partial charge in [0.1, 0.15) is 0 Å². The van der Waals surface area contributed by atoms with E-state index in [2.05, 4.69) is 10.6 Å². The van der Waals surface area contributed by atoms with E-state index >= 15 is 0 Å². The minimum absolute atomic E-state index is 0.0787. The van der Waals surface area contributed by atoms with Crippen molar-refractivity contribution in [2.45, 2.75) is 24.0 Å². The monoisotopic (exact) mass is 392 g/mol. The maximum absolute atomic E-state index is 12.8. The van der Waals surface area contributed by atoms with Gasteiger partial charge in [-0.15, -0.1) is 0 Å². The number of amides is 2. The van der Waals surface area contributed by atoms with Crippen LogP contribution in [0.3, 0.4) is 0 Å². The molecule has 0 aromatic heterocycles. The summed E-state index contributed by atoms with van der Waals surface area (Å²) in [4.78, 5) is 24.9. The molecule has 0 radical (unpaired) electrons. The van der Waals surface area contributed by atoms with Crippen LogP contribution in [0.2, 0.25) is 0 Å². The fraction of sp³-hybridized carbons (Fsp3) is 0.158. The summed E-state index contributed by atoms with van der Waals surface area (Å²) in [6, 6.07) is 12.2. The summed E-state index contributed by atoms with van der Waals surface area (Å²) >= 11 is 0.957. The predicted octanol–water partition coefficient (Wildman–Crippen LogP) is 4.51. The summed E-state index contributed by atoms with van der Waals surface area (Å²) in [6.07, 6.45) is -3.34. The Morgan fingerprint density at radius 1 is 1.19 bits per heavy atom. The number of anilines is 1. The van der Waals surface area contributed by atoms with Gasteiger partial charge in [-0.3, -0.25) is 9.59 Å². The highest BCUT2D eigenvalue weighted by molar-refractivity contribution is 8.04. The van der Waals surface area contributed by atoms with Gasteiger partial charge in [0.25, 0.3) is 5.91 Å². The molecule has 2 amide bonds. The van der Waals surface area contributed by atoms with Gasteiger partial charge in [0, 0.05) is 11.0 Å². The van der Waals surface area contributed by atoms with E-state index in [4.69, 9.17) is 0 Å². The summed E-state index contributed by atoms with van der Waals surface area (Å²) in [5.41, 5.74) is 0.147. The van der Waals surface area contributed by atoms with Crippen LogP contribution in [0.25, 0.3) is 0 Å². The highest BCUT2D eigenvalue weighted by Crippen LogP contribution is 2.41. The predicted molar refractivity (Wildman–Crippen MR) is 97.0 cm³/mol. The smallest absolute Gasteiger partial charge is 0.346 e. The molecule has 1 atom stereocenters. The number of alkyl halides is 3. The van der Waals surface area contributed by atoms with Gasteiger partial charge in [-0.2, -0.15) is 13.2 Å². The van der Waals surface area contributed by atoms with Crippen molar-refractivity contribution in [2.75, 3.05) is 5.32 Å². The van der Waals surface area contributed by atoms with E-state index in [0.29, 0.717) is 4.90 Å². The maximum atomic E-state index is 12.8. The Hall–Kier alpha value is -2.74. The van der Waals surface area contributed by atoms with Crippen molar-refractivity contribution >= 4 is 29.3 Å². The van der Waals surface area contributed by atoms with Gasteiger partial charge in [-0.1, -0.05) is 42.1 Å². The van der Waals surface area contributed by atoms with Gasteiger partial charge in [-0.05, 0) is 30.7 Å². The topological polar surface area (TPSA) is 58.2 Å². The summed E-state index contributed by atoms with van der Waals surface area (Å²) in [7, 11) is 0. The fourth-order valence-corrected chi connectivity index (χ4v) is 3.44. The largest absolute Gasteiger partial charge is 0.416 e. The molecule has 2 N–H and O–H groups in total. The van der Waals surface area contributed by atoms with Crippen LogP contribution in [0.5, 0.6) is 0 Å². The summed E-state index contributed by atoms with van der Waals surface area (Å²) in [5.74, 6) is -1.08. The molecule has 1 aliphatic heterocycles. The van der Waals surface area contributed by atoms with Crippen molar-refractivity contribution in [3.8, 4) is 0 Å². The number of halogens is 3. The number of hydrogen-bond acceptors (Lipinski definition) is 3. The molecular formula is C19H15F3N2O2S. The molecule has 140 valence electrons. The summed E-state index contributed by atoms with van der Waals surface area (Å²) < 4.78 is 38.3. The van der Waals surface area contributed by atoms with Gasteiger partial charge >= 0.3 is 6.18 Å². The Kier molecular flexibility index (Phi) is 5.27. The lowest BCUT2D eigenvalue weighted by Crippen LogP contribution is -2.26. The third-order valence-electron chi connectivity index (χ3n) is 3.92. The van der Waals surface area contributed by atoms with Crippen molar-refractivity contribution < 1.29 is 22.8 Å². The summed E-state index contributed by atoms with van der Waals surface area (Å²) in [6.45, 7) is 1.81. The lowest BCUT2D eigenvalue weighted by atomic mass is 10.1. The van der Waals surface area contributed by atoms with Crippen LogP contribution in [0, 0.1) is 0 Å². The zero-order chi connectivity index (χ0) is 19.6. The van der Waals surface area contributed by atoms with Gasteiger partial charge < -0.3 is 10.6 Å². The normalized spacial score (nSPS) is 16.4. The number of benzene rings is 2. The van der Waals surface area contributed by atoms with E-state index in [0.717, 1.165) is 35.5 Å². The van der Waals surface area contributed by atoms with E-state index < -0.39 is 23.6 Å². The molecule has 2 aromatic rings. The second-order valence-corrected chi connectivity index (χ2v) is 7.00. The fourth-order valence-electron chi connectivity index (χ4n) is 2.54. The molecule has 1 unspecified atom stereocenters. The Bertz CT molecular complexity index is 911. The first-order chi connectivity index (χ1) is 12.7. The zero-order valence-corrected chi connectivity index (χ0v) is 14.9. The van der Waals surface area contributed by atoms with Crippen LogP contribution >= 0.6 is 11.8 Å². The van der Waals surface area contributed by atoms with Gasteiger partial charge in [0.15, 0.2) is 0 Å². The minimum atomic E-state index is -4.49. The number of rotatable bonds is 3. The van der Waals surface area contributed by atoms with E-state index in [1.807, 2.05) is 37.3 Å². The highest BCUT2D eigenvalue weighted by Gasteiger charge is 2.32. The van der Waals surface area contributed by atoms with Crippen molar-refractivity contribution in [3.05, 3.63) is 70.6 Å². The molecule has 27 heavy (non-hydrogen) atoms. The molecule has 0 saturated carbocycles. The number of thioether (sulfide) groups is 1. The standard InChI is InChI=1S/C19H15F3N2O2S/c1-11(12-5-3-2-4-6-12)23-17(25)10-16-18(26)24-14-9-13(19(20,21)22)7-8-15(14)27-16/h2-11H,1H3,(H,23,25)(H,24,26). The van der Waals surface area contributed by atoms with Crippen molar-refractivity contribution in [3.63, 3.8) is 0 Å². The van der Waals surface area contributed by atoms with Crippen LogP contribution in [0.1, 0.15) is 24.1 Å². The minimum Gasteiger partial charge on any atom is -0.346 e. The van der Waals surface area contributed by atoms with Crippen molar-refractivity contribution in [1.29, 1.82) is 0 Å². The lowest BCUT2D eigenvalue weighted by molar-refractivity contribution is -0.137. The van der Waals surface area contributed by atoms with Crippen molar-refractivity contribution in [2.24, 2.45) is 0 Å². The second-order valence-electron chi connectivity index (χ2n) is 5.91. The number of nitrogens with one attached hydrogen (secondary N) is 2. The van der Waals surface area contributed by atoms with Crippen LogP contribution < -0.4 is 10.6 Å². The molecule has 0 aliphatic carbocycles. The molecule has 1 heterocycles. The van der Waals surface area contributed by atoms with E-state index in [-0.39, 0.29) is 16.6 Å². The molecule has 3 rings (SSSR count). The molecule has 1 aliphatic rings. The molecule has 0 fully saturated rings. The summed E-state index contributed by atoms with van der Waals surface area (Å²) in [5, 5.41) is 5.16. The van der Waals surface area contributed by atoms with Gasteiger partial charge in [-0.25, -0.2) is 0 Å². The first-order valence-corrected chi connectivity index (χ1v) is 8.83. The third kappa shape index (κ3) is 4.51. The molecule has 4 nitrogen and oxygen atoms in total. The third-order valence-corrected chi connectivity index (χ3v) is 5.02. The first-order valence-electron chi connectivity index (χ1n) is 8.01.